The van der Waals surface area contributed by atoms with Crippen LogP contribution in [-0.2, 0) is 9.53 Å². The van der Waals surface area contributed by atoms with Gasteiger partial charge in [0.1, 0.15) is 5.82 Å². The van der Waals surface area contributed by atoms with Crippen molar-refractivity contribution >= 4 is 21.9 Å². The molecule has 2 unspecified atom stereocenters. The molecule has 2 atom stereocenters. The van der Waals surface area contributed by atoms with Crippen molar-refractivity contribution in [2.75, 3.05) is 6.61 Å². The Morgan fingerprint density at radius 2 is 2.29 bits per heavy atom. The van der Waals surface area contributed by atoms with E-state index in [0.29, 0.717) is 23.1 Å². The van der Waals surface area contributed by atoms with Crippen molar-refractivity contribution < 1.29 is 13.9 Å². The SMILES string of the molecule is C=CC1CCOC(=O)C1c1cccc(Br)c1F. The van der Waals surface area contributed by atoms with E-state index in [1.165, 1.54) is 0 Å². The van der Waals surface area contributed by atoms with E-state index < -0.39 is 11.7 Å². The van der Waals surface area contributed by atoms with Crippen LogP contribution in [0.25, 0.3) is 0 Å². The number of cyclic esters (lactones) is 1. The summed E-state index contributed by atoms with van der Waals surface area (Å²) in [6.07, 6.45) is 2.39. The van der Waals surface area contributed by atoms with Gasteiger partial charge in [-0.25, -0.2) is 4.39 Å². The minimum Gasteiger partial charge on any atom is -0.465 e. The Morgan fingerprint density at radius 3 is 3.00 bits per heavy atom. The molecular formula is C13H12BrFO2. The zero-order valence-corrected chi connectivity index (χ0v) is 10.7. The van der Waals surface area contributed by atoms with Crippen molar-refractivity contribution in [2.45, 2.75) is 12.3 Å². The van der Waals surface area contributed by atoms with Crippen molar-refractivity contribution in [3.8, 4) is 0 Å². The third-order valence-corrected chi connectivity index (χ3v) is 3.61. The zero-order chi connectivity index (χ0) is 12.4. The van der Waals surface area contributed by atoms with Crippen LogP contribution in [0.3, 0.4) is 0 Å². The maximum Gasteiger partial charge on any atom is 0.314 e. The van der Waals surface area contributed by atoms with E-state index in [4.69, 9.17) is 4.74 Å². The molecule has 0 radical (unpaired) electrons. The Bertz CT molecular complexity index is 459. The van der Waals surface area contributed by atoms with Gasteiger partial charge in [0.2, 0.25) is 0 Å². The van der Waals surface area contributed by atoms with Crippen LogP contribution in [0.15, 0.2) is 35.3 Å². The first kappa shape index (κ1) is 12.3. The number of carbonyl (C=O) groups is 1. The molecule has 1 aromatic carbocycles. The number of ether oxygens (including phenoxy) is 1. The van der Waals surface area contributed by atoms with E-state index in [-0.39, 0.29) is 11.9 Å². The van der Waals surface area contributed by atoms with Gasteiger partial charge in [0.25, 0.3) is 0 Å². The Kier molecular flexibility index (Phi) is 3.62. The molecule has 1 saturated heterocycles. The van der Waals surface area contributed by atoms with Gasteiger partial charge in [-0.05, 0) is 34.3 Å². The van der Waals surface area contributed by atoms with Crippen LogP contribution in [0.4, 0.5) is 4.39 Å². The van der Waals surface area contributed by atoms with Gasteiger partial charge in [-0.2, -0.15) is 0 Å². The van der Waals surface area contributed by atoms with Crippen LogP contribution >= 0.6 is 15.9 Å². The van der Waals surface area contributed by atoms with Crippen LogP contribution in [-0.4, -0.2) is 12.6 Å². The minimum absolute atomic E-state index is 0.0694. The van der Waals surface area contributed by atoms with E-state index in [2.05, 4.69) is 22.5 Å². The summed E-state index contributed by atoms with van der Waals surface area (Å²) in [5, 5.41) is 0. The molecule has 0 aromatic heterocycles. The van der Waals surface area contributed by atoms with E-state index in [1.54, 1.807) is 24.3 Å². The highest BCUT2D eigenvalue weighted by atomic mass is 79.9. The first-order valence-corrected chi connectivity index (χ1v) is 6.17. The van der Waals surface area contributed by atoms with Crippen molar-refractivity contribution in [1.82, 2.24) is 0 Å². The van der Waals surface area contributed by atoms with Gasteiger partial charge in [-0.1, -0.05) is 18.2 Å². The van der Waals surface area contributed by atoms with Gasteiger partial charge in [0, 0.05) is 5.56 Å². The molecule has 0 bridgehead atoms. The maximum absolute atomic E-state index is 14.0. The number of benzene rings is 1. The summed E-state index contributed by atoms with van der Waals surface area (Å²) in [6, 6.07) is 4.94. The Balaban J connectivity index is 2.45. The molecule has 0 N–H and O–H groups in total. The van der Waals surface area contributed by atoms with Gasteiger partial charge < -0.3 is 4.74 Å². The zero-order valence-electron chi connectivity index (χ0n) is 9.16. The average Bonchev–Trinajstić information content (AvgIpc) is 2.33. The lowest BCUT2D eigenvalue weighted by Gasteiger charge is -2.28. The highest BCUT2D eigenvalue weighted by Gasteiger charge is 2.35. The van der Waals surface area contributed by atoms with Crippen molar-refractivity contribution in [2.24, 2.45) is 5.92 Å². The van der Waals surface area contributed by atoms with Crippen LogP contribution in [0.1, 0.15) is 17.9 Å². The quantitative estimate of drug-likeness (QED) is 0.618. The molecule has 1 aromatic rings. The summed E-state index contributed by atoms with van der Waals surface area (Å²) < 4.78 is 19.3. The summed E-state index contributed by atoms with van der Waals surface area (Å²) in [5.74, 6) is -1.43. The molecule has 17 heavy (non-hydrogen) atoms. The molecule has 2 rings (SSSR count). The van der Waals surface area contributed by atoms with Crippen molar-refractivity contribution in [3.63, 3.8) is 0 Å². The second-order valence-electron chi connectivity index (χ2n) is 3.98. The predicted molar refractivity (Wildman–Crippen MR) is 66.1 cm³/mol. The summed E-state index contributed by atoms with van der Waals surface area (Å²) in [5.41, 5.74) is 0.369. The van der Waals surface area contributed by atoms with E-state index >= 15 is 0 Å². The number of allylic oxidation sites excluding steroid dienone is 1. The van der Waals surface area contributed by atoms with Crippen LogP contribution < -0.4 is 0 Å². The van der Waals surface area contributed by atoms with Crippen molar-refractivity contribution in [1.29, 1.82) is 0 Å². The predicted octanol–water partition coefficient (Wildman–Crippen LogP) is 3.42. The van der Waals surface area contributed by atoms with Gasteiger partial charge in [-0.3, -0.25) is 4.79 Å². The lowest BCUT2D eigenvalue weighted by Crippen LogP contribution is -2.30. The molecular weight excluding hydrogens is 287 g/mol. The molecule has 1 aliphatic rings. The first-order chi connectivity index (χ1) is 8.15. The van der Waals surface area contributed by atoms with Crippen LogP contribution in [0.5, 0.6) is 0 Å². The molecule has 2 nitrogen and oxygen atoms in total. The number of halogens is 2. The fourth-order valence-electron chi connectivity index (χ4n) is 2.10. The van der Waals surface area contributed by atoms with Gasteiger partial charge in [0.05, 0.1) is 17.0 Å². The lowest BCUT2D eigenvalue weighted by atomic mass is 9.82. The number of hydrogen-bond acceptors (Lipinski definition) is 2. The summed E-state index contributed by atoms with van der Waals surface area (Å²) >= 11 is 3.12. The normalized spacial score (nSPS) is 24.2. The summed E-state index contributed by atoms with van der Waals surface area (Å²) in [6.45, 7) is 4.08. The minimum atomic E-state index is -0.584. The average molecular weight is 299 g/mol. The molecule has 0 spiro atoms. The number of rotatable bonds is 2. The largest absolute Gasteiger partial charge is 0.465 e. The fourth-order valence-corrected chi connectivity index (χ4v) is 2.48. The molecule has 4 heteroatoms. The fraction of sp³-hybridized carbons (Fsp3) is 0.308. The van der Waals surface area contributed by atoms with Crippen LogP contribution in [0, 0.1) is 11.7 Å². The molecule has 0 amide bonds. The lowest BCUT2D eigenvalue weighted by molar-refractivity contribution is -0.151. The second-order valence-corrected chi connectivity index (χ2v) is 4.83. The third-order valence-electron chi connectivity index (χ3n) is 3.00. The van der Waals surface area contributed by atoms with Gasteiger partial charge in [-0.15, -0.1) is 6.58 Å². The van der Waals surface area contributed by atoms with E-state index in [1.807, 2.05) is 0 Å². The Hall–Kier alpha value is -1.16. The first-order valence-electron chi connectivity index (χ1n) is 5.38. The number of carbonyl (C=O) groups excluding carboxylic acids is 1. The molecule has 1 aliphatic heterocycles. The maximum atomic E-state index is 14.0. The monoisotopic (exact) mass is 298 g/mol. The molecule has 90 valence electrons. The third kappa shape index (κ3) is 2.27. The molecule has 1 heterocycles. The smallest absolute Gasteiger partial charge is 0.314 e. The highest BCUT2D eigenvalue weighted by molar-refractivity contribution is 9.10. The Labute approximate surface area is 108 Å². The number of hydrogen-bond donors (Lipinski definition) is 0. The van der Waals surface area contributed by atoms with Gasteiger partial charge in [0.15, 0.2) is 0 Å². The van der Waals surface area contributed by atoms with Gasteiger partial charge >= 0.3 is 5.97 Å². The Morgan fingerprint density at radius 1 is 1.53 bits per heavy atom. The highest BCUT2D eigenvalue weighted by Crippen LogP contribution is 2.36. The summed E-state index contributed by atoms with van der Waals surface area (Å²) in [7, 11) is 0. The molecule has 0 saturated carbocycles. The second kappa shape index (κ2) is 5.00. The number of esters is 1. The molecule has 0 aliphatic carbocycles. The topological polar surface area (TPSA) is 26.3 Å². The standard InChI is InChI=1S/C13H12BrFO2/c1-2-8-6-7-17-13(16)11(8)9-4-3-5-10(14)12(9)15/h2-5,8,11H,1,6-7H2. The van der Waals surface area contributed by atoms with E-state index in [0.717, 1.165) is 0 Å². The van der Waals surface area contributed by atoms with Crippen molar-refractivity contribution in [3.05, 3.63) is 46.7 Å². The molecule has 1 fully saturated rings. The summed E-state index contributed by atoms with van der Waals surface area (Å²) in [4.78, 5) is 11.8. The van der Waals surface area contributed by atoms with E-state index in [9.17, 15) is 9.18 Å². The van der Waals surface area contributed by atoms with Crippen LogP contribution in [0.2, 0.25) is 0 Å².